The van der Waals surface area contributed by atoms with Crippen LogP contribution in [0.15, 0.2) is 40.8 Å². The van der Waals surface area contributed by atoms with Crippen LogP contribution in [0, 0.1) is 11.3 Å². The molecule has 0 saturated carbocycles. The van der Waals surface area contributed by atoms with Gasteiger partial charge in [0.25, 0.3) is 0 Å². The minimum atomic E-state index is 0.276. The van der Waals surface area contributed by atoms with Gasteiger partial charge in [0.15, 0.2) is 5.58 Å². The third-order valence-corrected chi connectivity index (χ3v) is 4.51. The first kappa shape index (κ1) is 15.0. The molecule has 0 bridgehead atoms. The first-order valence-electron chi connectivity index (χ1n) is 7.12. The summed E-state index contributed by atoms with van der Waals surface area (Å²) < 4.78 is 6.98. The van der Waals surface area contributed by atoms with Crippen molar-refractivity contribution in [1.82, 2.24) is 4.98 Å². The summed E-state index contributed by atoms with van der Waals surface area (Å²) in [6.45, 7) is 4.18. The van der Waals surface area contributed by atoms with Gasteiger partial charge in [-0.2, -0.15) is 5.26 Å². The van der Waals surface area contributed by atoms with Gasteiger partial charge in [-0.1, -0.05) is 48.6 Å². The average Bonchev–Trinajstić information content (AvgIpc) is 2.97. The highest BCUT2D eigenvalue weighted by Crippen LogP contribution is 2.31. The van der Waals surface area contributed by atoms with Gasteiger partial charge in [0.1, 0.15) is 5.52 Å². The molecule has 0 fully saturated rings. The van der Waals surface area contributed by atoms with E-state index in [1.807, 2.05) is 18.2 Å². The summed E-state index contributed by atoms with van der Waals surface area (Å²) in [6, 6.07) is 14.1. The van der Waals surface area contributed by atoms with Crippen molar-refractivity contribution >= 4 is 33.7 Å². The van der Waals surface area contributed by atoms with E-state index in [-0.39, 0.29) is 5.92 Å². The molecule has 3 rings (SSSR count). The number of nitriles is 1. The highest BCUT2D eigenvalue weighted by Gasteiger charge is 2.15. The molecule has 0 aliphatic rings. The number of nitrogens with zero attached hydrogens (tertiary/aromatic N) is 2. The summed E-state index contributed by atoms with van der Waals surface area (Å²) in [4.78, 5) is 4.57. The maximum absolute atomic E-state index is 9.18. The Morgan fingerprint density at radius 3 is 2.55 bits per heavy atom. The monoisotopic (exact) mass is 402 g/mol. The van der Waals surface area contributed by atoms with Crippen LogP contribution in [0.2, 0.25) is 0 Å². The molecule has 0 spiro atoms. The Balaban J connectivity index is 2.16. The third-order valence-electron chi connectivity index (χ3n) is 3.63. The molecule has 1 aromatic heterocycles. The van der Waals surface area contributed by atoms with Gasteiger partial charge in [-0.15, -0.1) is 0 Å². The average molecular weight is 402 g/mol. The SMILES string of the molecule is CC(C)c1cc(C#N)cc2nc(-c3ccc(CI)cc3)oc12. The molecule has 0 amide bonds. The molecule has 0 N–H and O–H groups in total. The van der Waals surface area contributed by atoms with Crippen molar-refractivity contribution in [1.29, 1.82) is 5.26 Å². The fourth-order valence-corrected chi connectivity index (χ4v) is 2.92. The Kier molecular flexibility index (Phi) is 4.16. The molecule has 4 heteroatoms. The maximum Gasteiger partial charge on any atom is 0.227 e. The molecule has 2 aromatic carbocycles. The van der Waals surface area contributed by atoms with Gasteiger partial charge in [0, 0.05) is 15.6 Å². The maximum atomic E-state index is 9.18. The molecule has 3 nitrogen and oxygen atoms in total. The lowest BCUT2D eigenvalue weighted by molar-refractivity contribution is 0.611. The lowest BCUT2D eigenvalue weighted by atomic mass is 10.00. The zero-order valence-corrected chi connectivity index (χ0v) is 14.6. The molecule has 0 saturated heterocycles. The summed E-state index contributed by atoms with van der Waals surface area (Å²) in [5.41, 5.74) is 5.40. The quantitative estimate of drug-likeness (QED) is 0.434. The number of halogens is 1. The number of hydrogen-bond donors (Lipinski definition) is 0. The molecular weight excluding hydrogens is 387 g/mol. The van der Waals surface area contributed by atoms with Gasteiger partial charge < -0.3 is 4.42 Å². The standard InChI is InChI=1S/C18H15IN2O/c1-11(2)15-7-13(10-20)8-16-17(15)22-18(21-16)14-5-3-12(9-19)4-6-14/h3-8,11H,9H2,1-2H3. The number of fused-ring (bicyclic) bond motifs is 1. The second-order valence-electron chi connectivity index (χ2n) is 5.53. The van der Waals surface area contributed by atoms with Crippen LogP contribution in [0.3, 0.4) is 0 Å². The number of rotatable bonds is 3. The van der Waals surface area contributed by atoms with Crippen molar-refractivity contribution in [3.63, 3.8) is 0 Å². The van der Waals surface area contributed by atoms with Crippen LogP contribution in [-0.4, -0.2) is 4.98 Å². The summed E-state index contributed by atoms with van der Waals surface area (Å²) in [7, 11) is 0. The minimum absolute atomic E-state index is 0.276. The van der Waals surface area contributed by atoms with Gasteiger partial charge in [0.2, 0.25) is 5.89 Å². The van der Waals surface area contributed by atoms with E-state index in [0.29, 0.717) is 11.5 Å². The zero-order valence-electron chi connectivity index (χ0n) is 12.4. The topological polar surface area (TPSA) is 49.8 Å². The van der Waals surface area contributed by atoms with Crippen LogP contribution < -0.4 is 0 Å². The Morgan fingerprint density at radius 2 is 1.95 bits per heavy atom. The van der Waals surface area contributed by atoms with E-state index in [9.17, 15) is 5.26 Å². The smallest absolute Gasteiger partial charge is 0.227 e. The van der Waals surface area contributed by atoms with Crippen molar-refractivity contribution in [2.24, 2.45) is 0 Å². The summed E-state index contributed by atoms with van der Waals surface area (Å²) >= 11 is 2.34. The second-order valence-corrected chi connectivity index (χ2v) is 6.29. The van der Waals surface area contributed by atoms with Crippen LogP contribution in [-0.2, 0) is 4.43 Å². The minimum Gasteiger partial charge on any atom is -0.436 e. The van der Waals surface area contributed by atoms with E-state index in [2.05, 4.69) is 59.6 Å². The van der Waals surface area contributed by atoms with Gasteiger partial charge >= 0.3 is 0 Å². The fourth-order valence-electron chi connectivity index (χ4n) is 2.41. The van der Waals surface area contributed by atoms with Gasteiger partial charge in [-0.3, -0.25) is 0 Å². The Labute approximate surface area is 143 Å². The number of hydrogen-bond acceptors (Lipinski definition) is 3. The van der Waals surface area contributed by atoms with Gasteiger partial charge in [0.05, 0.1) is 11.6 Å². The highest BCUT2D eigenvalue weighted by atomic mass is 127. The van der Waals surface area contributed by atoms with E-state index in [0.717, 1.165) is 26.7 Å². The first-order valence-corrected chi connectivity index (χ1v) is 8.64. The van der Waals surface area contributed by atoms with Crippen LogP contribution in [0.5, 0.6) is 0 Å². The number of alkyl halides is 1. The predicted molar refractivity (Wildman–Crippen MR) is 96.0 cm³/mol. The zero-order chi connectivity index (χ0) is 15.7. The third kappa shape index (κ3) is 2.73. The van der Waals surface area contributed by atoms with Crippen LogP contribution in [0.25, 0.3) is 22.6 Å². The van der Waals surface area contributed by atoms with Crippen molar-refractivity contribution in [2.45, 2.75) is 24.2 Å². The molecule has 0 radical (unpaired) electrons. The van der Waals surface area contributed by atoms with Crippen LogP contribution in [0.4, 0.5) is 0 Å². The van der Waals surface area contributed by atoms with Crippen molar-refractivity contribution in [3.05, 3.63) is 53.1 Å². The Bertz CT molecular complexity index is 857. The fraction of sp³-hybridized carbons (Fsp3) is 0.222. The van der Waals surface area contributed by atoms with E-state index >= 15 is 0 Å². The molecule has 0 unspecified atom stereocenters. The molecule has 0 aliphatic heterocycles. The summed E-state index contributed by atoms with van der Waals surface area (Å²) in [6.07, 6.45) is 0. The number of oxazole rings is 1. The van der Waals surface area contributed by atoms with E-state index in [4.69, 9.17) is 4.42 Å². The molecule has 0 atom stereocenters. The van der Waals surface area contributed by atoms with Crippen molar-refractivity contribution < 1.29 is 4.42 Å². The lowest BCUT2D eigenvalue weighted by Gasteiger charge is -2.05. The van der Waals surface area contributed by atoms with Gasteiger partial charge in [-0.05, 0) is 35.7 Å². The van der Waals surface area contributed by atoms with Crippen molar-refractivity contribution in [3.8, 4) is 17.5 Å². The van der Waals surface area contributed by atoms with Crippen LogP contribution >= 0.6 is 22.6 Å². The van der Waals surface area contributed by atoms with E-state index in [1.165, 1.54) is 5.56 Å². The predicted octanol–water partition coefficient (Wildman–Crippen LogP) is 5.42. The number of aromatic nitrogens is 1. The Hall–Kier alpha value is -1.87. The normalized spacial score (nSPS) is 11.0. The summed E-state index contributed by atoms with van der Waals surface area (Å²) in [5.74, 6) is 0.880. The first-order chi connectivity index (χ1) is 10.6. The largest absolute Gasteiger partial charge is 0.436 e. The van der Waals surface area contributed by atoms with E-state index in [1.54, 1.807) is 6.07 Å². The van der Waals surface area contributed by atoms with Crippen LogP contribution in [0.1, 0.15) is 36.5 Å². The molecule has 1 heterocycles. The second kappa shape index (κ2) is 6.09. The molecule has 110 valence electrons. The molecular formula is C18H15IN2O. The molecule has 0 aliphatic carbocycles. The summed E-state index contributed by atoms with van der Waals surface area (Å²) in [5, 5.41) is 9.18. The molecule has 22 heavy (non-hydrogen) atoms. The van der Waals surface area contributed by atoms with E-state index < -0.39 is 0 Å². The Morgan fingerprint density at radius 1 is 1.23 bits per heavy atom. The number of benzene rings is 2. The molecule has 3 aromatic rings. The highest BCUT2D eigenvalue weighted by molar-refractivity contribution is 14.1. The van der Waals surface area contributed by atoms with Crippen molar-refractivity contribution in [2.75, 3.05) is 0 Å². The van der Waals surface area contributed by atoms with Gasteiger partial charge in [-0.25, -0.2) is 4.98 Å². The lowest BCUT2D eigenvalue weighted by Crippen LogP contribution is -1.89.